The first-order valence-electron chi connectivity index (χ1n) is 13.8. The molecule has 0 aliphatic heterocycles. The largest absolute Gasteiger partial charge is 0.426 e. The number of hydrogen-bond donors (Lipinski definition) is 0. The van der Waals surface area contributed by atoms with Crippen molar-refractivity contribution in [2.24, 2.45) is 0 Å². The van der Waals surface area contributed by atoms with Crippen LogP contribution in [0.2, 0.25) is 0 Å². The maximum atomic E-state index is 12.2. The Morgan fingerprint density at radius 3 is 1.38 bits per heavy atom. The summed E-state index contributed by atoms with van der Waals surface area (Å²) in [5.74, 6) is 13.8. The Morgan fingerprint density at radius 2 is 1.00 bits per heavy atom. The zero-order chi connectivity index (χ0) is 30.7. The van der Waals surface area contributed by atoms with Crippen molar-refractivity contribution < 1.29 is 9.53 Å². The fraction of sp³-hybridized carbons (Fsp3) is 0.237. The van der Waals surface area contributed by atoms with Crippen LogP contribution in [0.3, 0.4) is 0 Å². The number of ether oxygens (including phenoxy) is 1. The highest BCUT2D eigenvalue weighted by atomic mass is 127. The monoisotopic (exact) mass is 776 g/mol. The van der Waals surface area contributed by atoms with E-state index < -0.39 is 0 Å². The minimum Gasteiger partial charge on any atom is -0.426 e. The predicted octanol–water partition coefficient (Wildman–Crippen LogP) is 9.88. The lowest BCUT2D eigenvalue weighted by atomic mass is 9.77. The Bertz CT molecular complexity index is 1660. The molecule has 0 saturated heterocycles. The molecule has 0 fully saturated rings. The highest BCUT2D eigenvalue weighted by Crippen LogP contribution is 2.43. The van der Waals surface area contributed by atoms with Crippen molar-refractivity contribution in [1.29, 1.82) is 0 Å². The average Bonchev–Trinajstić information content (AvgIpc) is 2.89. The molecular formula is C38H34I2O2. The van der Waals surface area contributed by atoms with Crippen molar-refractivity contribution in [2.75, 3.05) is 0 Å². The van der Waals surface area contributed by atoms with Crippen LogP contribution < -0.4 is 4.74 Å². The fourth-order valence-corrected chi connectivity index (χ4v) is 5.61. The molecule has 0 amide bonds. The summed E-state index contributed by atoms with van der Waals surface area (Å²) in [6.07, 6.45) is 0. The molecule has 0 N–H and O–H groups in total. The molecule has 0 spiro atoms. The molecule has 0 aliphatic carbocycles. The average molecular weight is 776 g/mol. The Kier molecular flexibility index (Phi) is 9.91. The van der Waals surface area contributed by atoms with E-state index in [2.05, 4.69) is 159 Å². The zero-order valence-electron chi connectivity index (χ0n) is 25.1. The van der Waals surface area contributed by atoms with Gasteiger partial charge in [0.25, 0.3) is 0 Å². The molecule has 4 aromatic rings. The number of halogens is 2. The molecule has 0 saturated carbocycles. The number of carbonyl (C=O) groups excluding carboxylic acids is 1. The molecule has 212 valence electrons. The summed E-state index contributed by atoms with van der Waals surface area (Å²) in [6.45, 7) is 14.3. The Labute approximate surface area is 278 Å². The topological polar surface area (TPSA) is 26.3 Å². The van der Waals surface area contributed by atoms with Gasteiger partial charge in [0.1, 0.15) is 5.75 Å². The molecule has 4 heteroatoms. The Balaban J connectivity index is 1.96. The molecule has 0 unspecified atom stereocenters. The van der Waals surface area contributed by atoms with Gasteiger partial charge in [-0.15, -0.1) is 0 Å². The minimum absolute atomic E-state index is 0.254. The van der Waals surface area contributed by atoms with E-state index in [-0.39, 0.29) is 16.8 Å². The van der Waals surface area contributed by atoms with Gasteiger partial charge < -0.3 is 4.74 Å². The van der Waals surface area contributed by atoms with Gasteiger partial charge in [-0.25, -0.2) is 0 Å². The highest BCUT2D eigenvalue weighted by molar-refractivity contribution is 14.1. The van der Waals surface area contributed by atoms with E-state index in [0.29, 0.717) is 5.75 Å². The third-order valence-electron chi connectivity index (χ3n) is 6.57. The fourth-order valence-electron chi connectivity index (χ4n) is 4.52. The zero-order valence-corrected chi connectivity index (χ0v) is 29.4. The van der Waals surface area contributed by atoms with Crippen LogP contribution in [0.1, 0.15) is 81.8 Å². The lowest BCUT2D eigenvalue weighted by Crippen LogP contribution is -2.21. The van der Waals surface area contributed by atoms with Crippen LogP contribution >= 0.6 is 45.2 Å². The van der Waals surface area contributed by atoms with Crippen LogP contribution in [0.25, 0.3) is 11.1 Å². The minimum atomic E-state index is -0.320. The molecule has 0 bridgehead atoms. The van der Waals surface area contributed by atoms with Crippen molar-refractivity contribution in [1.82, 2.24) is 0 Å². The van der Waals surface area contributed by atoms with Crippen molar-refractivity contribution >= 4 is 51.2 Å². The van der Waals surface area contributed by atoms with Gasteiger partial charge in [0.2, 0.25) is 0 Å². The second-order valence-electron chi connectivity index (χ2n) is 12.3. The van der Waals surface area contributed by atoms with Gasteiger partial charge in [0.15, 0.2) is 0 Å². The maximum absolute atomic E-state index is 12.2. The van der Waals surface area contributed by atoms with Crippen molar-refractivity contribution in [3.05, 3.63) is 119 Å². The first kappa shape index (κ1) is 31.9. The number of rotatable bonds is 2. The summed E-state index contributed by atoms with van der Waals surface area (Å²) in [6, 6.07) is 27.0. The van der Waals surface area contributed by atoms with Gasteiger partial charge in [0, 0.05) is 47.4 Å². The predicted molar refractivity (Wildman–Crippen MR) is 191 cm³/mol. The molecular weight excluding hydrogens is 742 g/mol. The normalized spacial score (nSPS) is 11.2. The van der Waals surface area contributed by atoms with Crippen LogP contribution in [0.5, 0.6) is 5.75 Å². The first-order chi connectivity index (χ1) is 19.7. The third kappa shape index (κ3) is 8.49. The molecule has 0 aromatic heterocycles. The summed E-state index contributed by atoms with van der Waals surface area (Å²) in [5.41, 5.74) is 7.23. The van der Waals surface area contributed by atoms with E-state index in [9.17, 15) is 4.79 Å². The number of esters is 1. The maximum Gasteiger partial charge on any atom is 0.308 e. The van der Waals surface area contributed by atoms with Gasteiger partial charge >= 0.3 is 5.97 Å². The van der Waals surface area contributed by atoms with Crippen LogP contribution in [0.4, 0.5) is 0 Å². The molecule has 2 nitrogen and oxygen atoms in total. The van der Waals surface area contributed by atoms with E-state index in [4.69, 9.17) is 4.74 Å². The molecule has 0 heterocycles. The third-order valence-corrected chi connectivity index (χ3v) is 7.91. The molecule has 42 heavy (non-hydrogen) atoms. The van der Waals surface area contributed by atoms with Gasteiger partial charge in [0.05, 0.1) is 0 Å². The van der Waals surface area contributed by atoms with Gasteiger partial charge in [-0.1, -0.05) is 77.4 Å². The summed E-state index contributed by atoms with van der Waals surface area (Å²) >= 11 is 4.61. The van der Waals surface area contributed by atoms with Crippen LogP contribution in [-0.4, -0.2) is 5.97 Å². The van der Waals surface area contributed by atoms with E-state index in [1.54, 1.807) is 0 Å². The number of benzene rings is 4. The second-order valence-corrected chi connectivity index (χ2v) is 14.8. The van der Waals surface area contributed by atoms with E-state index in [1.165, 1.54) is 6.92 Å². The Hall–Kier alpha value is -3.07. The number of carbonyl (C=O) groups is 1. The first-order valence-corrected chi connectivity index (χ1v) is 15.9. The van der Waals surface area contributed by atoms with E-state index in [0.717, 1.165) is 51.6 Å². The summed E-state index contributed by atoms with van der Waals surface area (Å²) < 4.78 is 8.17. The number of hydrogen-bond acceptors (Lipinski definition) is 2. The van der Waals surface area contributed by atoms with Crippen molar-refractivity contribution in [3.8, 4) is 40.6 Å². The summed E-state index contributed by atoms with van der Waals surface area (Å²) in [5, 5.41) is 0. The molecule has 4 rings (SSSR count). The quantitative estimate of drug-likeness (QED) is 0.0878. The van der Waals surface area contributed by atoms with Gasteiger partial charge in [-0.05, 0) is 134 Å². The SMILES string of the molecule is CC(=O)Oc1c(C(C)(C)C)cc(-c2cc(C#Cc3cccc(I)c3)cc(C#Cc3cccc(I)c3)c2)cc1C(C)(C)C. The molecule has 4 aromatic carbocycles. The smallest absolute Gasteiger partial charge is 0.308 e. The Morgan fingerprint density at radius 1 is 0.595 bits per heavy atom. The standard InChI is InChI=1S/C38H34I2O2/c1-25(41)42-36-34(37(2,3)4)23-31(24-35(36)38(5,6)7)30-19-28(16-14-26-10-8-12-32(39)21-26)18-29(20-30)17-15-27-11-9-13-33(40)22-27/h8-13,18-24H,1-7H3. The van der Waals surface area contributed by atoms with Crippen LogP contribution in [-0.2, 0) is 15.6 Å². The molecule has 0 radical (unpaired) electrons. The lowest BCUT2D eigenvalue weighted by molar-refractivity contribution is -0.132. The van der Waals surface area contributed by atoms with Crippen molar-refractivity contribution in [3.63, 3.8) is 0 Å². The second kappa shape index (κ2) is 13.1. The van der Waals surface area contributed by atoms with Gasteiger partial charge in [-0.3, -0.25) is 4.79 Å². The highest BCUT2D eigenvalue weighted by Gasteiger charge is 2.29. The van der Waals surface area contributed by atoms with Crippen LogP contribution in [0.15, 0.2) is 78.9 Å². The van der Waals surface area contributed by atoms with Gasteiger partial charge in [-0.2, -0.15) is 0 Å². The molecule has 0 aliphatic rings. The lowest BCUT2D eigenvalue weighted by Gasteiger charge is -2.30. The summed E-state index contributed by atoms with van der Waals surface area (Å²) in [4.78, 5) is 12.2. The van der Waals surface area contributed by atoms with Crippen LogP contribution in [0, 0.1) is 30.8 Å². The van der Waals surface area contributed by atoms with Crippen molar-refractivity contribution in [2.45, 2.75) is 59.3 Å². The molecule has 0 atom stereocenters. The van der Waals surface area contributed by atoms with E-state index >= 15 is 0 Å². The summed E-state index contributed by atoms with van der Waals surface area (Å²) in [7, 11) is 0. The van der Waals surface area contributed by atoms with E-state index in [1.807, 2.05) is 30.3 Å².